The molecule has 0 heterocycles. The van der Waals surface area contributed by atoms with Crippen molar-refractivity contribution in [3.05, 3.63) is 59.7 Å². The SMILES string of the molecule is CNC(=O)Nc1cccc(NC(=O)c2ccc(F)c(F)c2)c1. The highest BCUT2D eigenvalue weighted by Gasteiger charge is 2.10. The second kappa shape index (κ2) is 6.66. The van der Waals surface area contributed by atoms with E-state index in [0.29, 0.717) is 11.4 Å². The molecule has 3 N–H and O–H groups in total. The van der Waals surface area contributed by atoms with Gasteiger partial charge in [-0.2, -0.15) is 0 Å². The Bertz CT molecular complexity index is 720. The summed E-state index contributed by atoms with van der Waals surface area (Å²) in [6.45, 7) is 0. The summed E-state index contributed by atoms with van der Waals surface area (Å²) in [5.41, 5.74) is 0.870. The van der Waals surface area contributed by atoms with E-state index >= 15 is 0 Å². The van der Waals surface area contributed by atoms with Gasteiger partial charge in [0.15, 0.2) is 11.6 Å². The highest BCUT2D eigenvalue weighted by atomic mass is 19.2. The van der Waals surface area contributed by atoms with E-state index in [9.17, 15) is 18.4 Å². The van der Waals surface area contributed by atoms with E-state index in [-0.39, 0.29) is 5.56 Å². The van der Waals surface area contributed by atoms with E-state index in [1.54, 1.807) is 18.2 Å². The summed E-state index contributed by atoms with van der Waals surface area (Å²) in [6, 6.07) is 8.89. The van der Waals surface area contributed by atoms with Gasteiger partial charge in [-0.15, -0.1) is 0 Å². The Balaban J connectivity index is 2.12. The first-order valence-electron chi connectivity index (χ1n) is 6.35. The van der Waals surface area contributed by atoms with Gasteiger partial charge in [0.2, 0.25) is 0 Å². The van der Waals surface area contributed by atoms with Gasteiger partial charge >= 0.3 is 6.03 Å². The Kier molecular flexibility index (Phi) is 4.67. The van der Waals surface area contributed by atoms with E-state index in [2.05, 4.69) is 16.0 Å². The molecule has 0 unspecified atom stereocenters. The van der Waals surface area contributed by atoms with Crippen molar-refractivity contribution in [1.29, 1.82) is 0 Å². The lowest BCUT2D eigenvalue weighted by molar-refractivity contribution is 0.102. The fourth-order valence-corrected chi connectivity index (χ4v) is 1.71. The van der Waals surface area contributed by atoms with Crippen LogP contribution in [0, 0.1) is 11.6 Å². The molecule has 0 radical (unpaired) electrons. The first-order valence-corrected chi connectivity index (χ1v) is 6.35. The molecule has 0 bridgehead atoms. The maximum atomic E-state index is 13.1. The number of carbonyl (C=O) groups is 2. The molecule has 0 fully saturated rings. The summed E-state index contributed by atoms with van der Waals surface area (Å²) in [5.74, 6) is -2.70. The number of benzene rings is 2. The monoisotopic (exact) mass is 305 g/mol. The Labute approximate surface area is 125 Å². The number of halogens is 2. The fourth-order valence-electron chi connectivity index (χ4n) is 1.71. The maximum Gasteiger partial charge on any atom is 0.318 e. The molecule has 0 spiro atoms. The van der Waals surface area contributed by atoms with Gasteiger partial charge in [0.25, 0.3) is 5.91 Å². The van der Waals surface area contributed by atoms with Crippen LogP contribution in [-0.4, -0.2) is 19.0 Å². The second-order valence-electron chi connectivity index (χ2n) is 4.37. The van der Waals surface area contributed by atoms with Crippen LogP contribution in [-0.2, 0) is 0 Å². The van der Waals surface area contributed by atoms with Gasteiger partial charge in [0, 0.05) is 24.0 Å². The van der Waals surface area contributed by atoms with Gasteiger partial charge in [-0.25, -0.2) is 13.6 Å². The maximum absolute atomic E-state index is 13.1. The molecule has 5 nitrogen and oxygen atoms in total. The number of nitrogens with one attached hydrogen (secondary N) is 3. The number of carbonyl (C=O) groups excluding carboxylic acids is 2. The minimum Gasteiger partial charge on any atom is -0.341 e. The summed E-state index contributed by atoms with van der Waals surface area (Å²) >= 11 is 0. The van der Waals surface area contributed by atoms with E-state index < -0.39 is 23.6 Å². The minimum atomic E-state index is -1.09. The lowest BCUT2D eigenvalue weighted by atomic mass is 10.2. The predicted molar refractivity (Wildman–Crippen MR) is 78.8 cm³/mol. The number of hydrogen-bond acceptors (Lipinski definition) is 2. The normalized spacial score (nSPS) is 9.95. The van der Waals surface area contributed by atoms with Gasteiger partial charge in [0.1, 0.15) is 0 Å². The van der Waals surface area contributed by atoms with Crippen molar-refractivity contribution in [1.82, 2.24) is 5.32 Å². The van der Waals surface area contributed by atoms with E-state index in [0.717, 1.165) is 12.1 Å². The molecule has 7 heteroatoms. The molecule has 0 saturated heterocycles. The van der Waals surface area contributed by atoms with Crippen molar-refractivity contribution < 1.29 is 18.4 Å². The standard InChI is InChI=1S/C15H13F2N3O2/c1-18-15(22)20-11-4-2-3-10(8-11)19-14(21)9-5-6-12(16)13(17)7-9/h2-8H,1H3,(H,19,21)(H2,18,20,22). The third-order valence-corrected chi connectivity index (χ3v) is 2.79. The third kappa shape index (κ3) is 3.78. The number of rotatable bonds is 3. The first-order chi connectivity index (χ1) is 10.5. The Morgan fingerprint density at radius 3 is 2.23 bits per heavy atom. The van der Waals surface area contributed by atoms with Crippen LogP contribution in [0.1, 0.15) is 10.4 Å². The van der Waals surface area contributed by atoms with Crippen LogP contribution in [0.2, 0.25) is 0 Å². The van der Waals surface area contributed by atoms with E-state index in [1.165, 1.54) is 19.2 Å². The Morgan fingerprint density at radius 2 is 1.59 bits per heavy atom. The molecular formula is C15H13F2N3O2. The molecule has 0 aliphatic heterocycles. The van der Waals surface area contributed by atoms with Crippen molar-refractivity contribution in [2.45, 2.75) is 0 Å². The van der Waals surface area contributed by atoms with Crippen LogP contribution >= 0.6 is 0 Å². The van der Waals surface area contributed by atoms with Gasteiger partial charge in [-0.3, -0.25) is 4.79 Å². The summed E-state index contributed by atoms with van der Waals surface area (Å²) < 4.78 is 26.0. The molecule has 0 aliphatic carbocycles. The van der Waals surface area contributed by atoms with Gasteiger partial charge in [0.05, 0.1) is 0 Å². The molecule has 0 atom stereocenters. The average molecular weight is 305 g/mol. The molecule has 2 aromatic rings. The zero-order chi connectivity index (χ0) is 16.1. The van der Waals surface area contributed by atoms with Crippen molar-refractivity contribution in [2.75, 3.05) is 17.7 Å². The second-order valence-corrected chi connectivity index (χ2v) is 4.37. The largest absolute Gasteiger partial charge is 0.341 e. The molecule has 22 heavy (non-hydrogen) atoms. The van der Waals surface area contributed by atoms with E-state index in [4.69, 9.17) is 0 Å². The van der Waals surface area contributed by atoms with Crippen LogP contribution in [0.15, 0.2) is 42.5 Å². The molecule has 0 aliphatic rings. The van der Waals surface area contributed by atoms with Crippen molar-refractivity contribution in [3.8, 4) is 0 Å². The topological polar surface area (TPSA) is 70.2 Å². The fraction of sp³-hybridized carbons (Fsp3) is 0.0667. The summed E-state index contributed by atoms with van der Waals surface area (Å²) in [6.07, 6.45) is 0. The van der Waals surface area contributed by atoms with Crippen LogP contribution in [0.25, 0.3) is 0 Å². The molecule has 3 amide bonds. The smallest absolute Gasteiger partial charge is 0.318 e. The van der Waals surface area contributed by atoms with Gasteiger partial charge < -0.3 is 16.0 Å². The average Bonchev–Trinajstić information content (AvgIpc) is 2.50. The quantitative estimate of drug-likeness (QED) is 0.816. The highest BCUT2D eigenvalue weighted by Crippen LogP contribution is 2.17. The lowest BCUT2D eigenvalue weighted by Gasteiger charge is -2.09. The zero-order valence-electron chi connectivity index (χ0n) is 11.6. The molecule has 2 aromatic carbocycles. The van der Waals surface area contributed by atoms with Gasteiger partial charge in [-0.05, 0) is 36.4 Å². The third-order valence-electron chi connectivity index (χ3n) is 2.79. The number of amides is 3. The first kappa shape index (κ1) is 15.4. The van der Waals surface area contributed by atoms with Crippen LogP contribution in [0.5, 0.6) is 0 Å². The number of urea groups is 1. The van der Waals surface area contributed by atoms with Crippen LogP contribution in [0.3, 0.4) is 0 Å². The lowest BCUT2D eigenvalue weighted by Crippen LogP contribution is -2.24. The minimum absolute atomic E-state index is 0.0106. The van der Waals surface area contributed by atoms with E-state index in [1.807, 2.05) is 0 Å². The Morgan fingerprint density at radius 1 is 0.909 bits per heavy atom. The molecule has 2 rings (SSSR count). The predicted octanol–water partition coefficient (Wildman–Crippen LogP) is 2.97. The van der Waals surface area contributed by atoms with Crippen molar-refractivity contribution in [2.24, 2.45) is 0 Å². The molecule has 0 saturated carbocycles. The van der Waals surface area contributed by atoms with Crippen molar-refractivity contribution in [3.63, 3.8) is 0 Å². The van der Waals surface area contributed by atoms with Crippen LogP contribution < -0.4 is 16.0 Å². The highest BCUT2D eigenvalue weighted by molar-refractivity contribution is 6.04. The summed E-state index contributed by atoms with van der Waals surface area (Å²) in [7, 11) is 1.48. The zero-order valence-corrected chi connectivity index (χ0v) is 11.6. The van der Waals surface area contributed by atoms with Gasteiger partial charge in [-0.1, -0.05) is 6.07 Å². The summed E-state index contributed by atoms with van der Waals surface area (Å²) in [5, 5.41) is 7.48. The molecule has 114 valence electrons. The Hall–Kier alpha value is -2.96. The number of anilines is 2. The van der Waals surface area contributed by atoms with Crippen molar-refractivity contribution >= 4 is 23.3 Å². The molecule has 0 aromatic heterocycles. The summed E-state index contributed by atoms with van der Waals surface area (Å²) in [4.78, 5) is 23.2. The number of hydrogen-bond donors (Lipinski definition) is 3. The molecular weight excluding hydrogens is 292 g/mol. The van der Waals surface area contributed by atoms with Crippen LogP contribution in [0.4, 0.5) is 25.0 Å².